The fraction of sp³-hybridized carbons (Fsp3) is 0.583. The number of hydrogen-bond donors (Lipinski definition) is 2. The van der Waals surface area contributed by atoms with Crippen LogP contribution in [0.1, 0.15) is 32.4 Å². The normalized spacial score (nSPS) is 11.2. The molecule has 1 aromatic rings. The zero-order valence-electron chi connectivity index (χ0n) is 10.4. The first-order valence-corrected chi connectivity index (χ1v) is 5.91. The predicted molar refractivity (Wildman–Crippen MR) is 65.9 cm³/mol. The van der Waals surface area contributed by atoms with Crippen LogP contribution in [0.15, 0.2) is 18.6 Å². The van der Waals surface area contributed by atoms with Gasteiger partial charge in [0.25, 0.3) is 0 Å². The van der Waals surface area contributed by atoms with Gasteiger partial charge in [-0.1, -0.05) is 13.8 Å². The molecule has 0 atom stereocenters. The summed E-state index contributed by atoms with van der Waals surface area (Å²) in [5.41, 5.74) is 6.06. The molecule has 5 heteroatoms. The van der Waals surface area contributed by atoms with E-state index in [0.29, 0.717) is 13.1 Å². The maximum atomic E-state index is 12.1. The third-order valence-electron chi connectivity index (χ3n) is 3.30. The minimum atomic E-state index is -0.451. The second-order valence-corrected chi connectivity index (χ2v) is 4.07. The summed E-state index contributed by atoms with van der Waals surface area (Å²) in [6.07, 6.45) is 4.62. The summed E-state index contributed by atoms with van der Waals surface area (Å²) in [6.45, 7) is 4.76. The third-order valence-corrected chi connectivity index (χ3v) is 3.30. The molecule has 1 aromatic heterocycles. The van der Waals surface area contributed by atoms with E-state index in [4.69, 9.17) is 5.73 Å². The maximum Gasteiger partial charge on any atom is 0.227 e. The highest BCUT2D eigenvalue weighted by Crippen LogP contribution is 2.24. The summed E-state index contributed by atoms with van der Waals surface area (Å²) in [6, 6.07) is 1.78. The SMILES string of the molecule is CCC(CC)(CN)C(=O)NCc1ccncn1. The Hall–Kier alpha value is -1.49. The van der Waals surface area contributed by atoms with Gasteiger partial charge in [-0.3, -0.25) is 4.79 Å². The molecular formula is C12H20N4O. The highest BCUT2D eigenvalue weighted by molar-refractivity contribution is 5.82. The van der Waals surface area contributed by atoms with Crippen molar-refractivity contribution >= 4 is 5.91 Å². The van der Waals surface area contributed by atoms with Gasteiger partial charge < -0.3 is 11.1 Å². The second kappa shape index (κ2) is 6.30. The topological polar surface area (TPSA) is 80.9 Å². The van der Waals surface area contributed by atoms with Gasteiger partial charge in [0.2, 0.25) is 5.91 Å². The standard InChI is InChI=1S/C12H20N4O/c1-3-12(4-2,8-13)11(17)15-7-10-5-6-14-9-16-10/h5-6,9H,3-4,7-8,13H2,1-2H3,(H,15,17). The van der Waals surface area contributed by atoms with E-state index in [2.05, 4.69) is 15.3 Å². The monoisotopic (exact) mass is 236 g/mol. The van der Waals surface area contributed by atoms with E-state index in [0.717, 1.165) is 18.5 Å². The first-order valence-electron chi connectivity index (χ1n) is 5.91. The van der Waals surface area contributed by atoms with Crippen LogP contribution in [-0.2, 0) is 11.3 Å². The molecule has 1 heterocycles. The number of amides is 1. The summed E-state index contributed by atoms with van der Waals surface area (Å²) in [4.78, 5) is 20.0. The quantitative estimate of drug-likeness (QED) is 0.767. The van der Waals surface area contributed by atoms with Crippen LogP contribution >= 0.6 is 0 Å². The Balaban J connectivity index is 2.60. The lowest BCUT2D eigenvalue weighted by Crippen LogP contribution is -2.45. The zero-order chi connectivity index (χ0) is 12.7. The van der Waals surface area contributed by atoms with Gasteiger partial charge in [-0.25, -0.2) is 9.97 Å². The second-order valence-electron chi connectivity index (χ2n) is 4.07. The number of nitrogens with one attached hydrogen (secondary N) is 1. The van der Waals surface area contributed by atoms with Crippen LogP contribution in [0.3, 0.4) is 0 Å². The van der Waals surface area contributed by atoms with E-state index < -0.39 is 5.41 Å². The van der Waals surface area contributed by atoms with Crippen LogP contribution in [0.4, 0.5) is 0 Å². The molecule has 0 fully saturated rings. The van der Waals surface area contributed by atoms with Gasteiger partial charge in [-0.2, -0.15) is 0 Å². The van der Waals surface area contributed by atoms with Gasteiger partial charge in [-0.05, 0) is 18.9 Å². The average molecular weight is 236 g/mol. The van der Waals surface area contributed by atoms with Crippen molar-refractivity contribution in [1.82, 2.24) is 15.3 Å². The summed E-state index contributed by atoms with van der Waals surface area (Å²) < 4.78 is 0. The molecule has 0 aliphatic heterocycles. The number of rotatable bonds is 6. The van der Waals surface area contributed by atoms with Gasteiger partial charge in [0.15, 0.2) is 0 Å². The Morgan fingerprint density at radius 1 is 1.47 bits per heavy atom. The molecule has 0 aliphatic carbocycles. The fourth-order valence-electron chi connectivity index (χ4n) is 1.73. The number of carbonyl (C=O) groups excluding carboxylic acids is 1. The van der Waals surface area contributed by atoms with Gasteiger partial charge in [0, 0.05) is 12.7 Å². The highest BCUT2D eigenvalue weighted by atomic mass is 16.2. The predicted octanol–water partition coefficient (Wildman–Crippen LogP) is 0.858. The Labute approximate surface area is 102 Å². The Morgan fingerprint density at radius 2 is 2.18 bits per heavy atom. The lowest BCUT2D eigenvalue weighted by molar-refractivity contribution is -0.131. The van der Waals surface area contributed by atoms with Crippen LogP contribution in [0.25, 0.3) is 0 Å². The van der Waals surface area contributed by atoms with Crippen molar-refractivity contribution in [3.63, 3.8) is 0 Å². The van der Waals surface area contributed by atoms with Gasteiger partial charge in [-0.15, -0.1) is 0 Å². The van der Waals surface area contributed by atoms with Crippen LogP contribution in [-0.4, -0.2) is 22.4 Å². The van der Waals surface area contributed by atoms with Crippen molar-refractivity contribution in [3.8, 4) is 0 Å². The number of hydrogen-bond acceptors (Lipinski definition) is 4. The van der Waals surface area contributed by atoms with E-state index >= 15 is 0 Å². The summed E-state index contributed by atoms with van der Waals surface area (Å²) in [5.74, 6) is 0.00334. The van der Waals surface area contributed by atoms with E-state index in [-0.39, 0.29) is 5.91 Å². The minimum Gasteiger partial charge on any atom is -0.350 e. The summed E-state index contributed by atoms with van der Waals surface area (Å²) in [7, 11) is 0. The van der Waals surface area contributed by atoms with Crippen LogP contribution in [0.5, 0.6) is 0 Å². The number of nitrogens with two attached hydrogens (primary N) is 1. The van der Waals surface area contributed by atoms with E-state index in [1.165, 1.54) is 6.33 Å². The van der Waals surface area contributed by atoms with E-state index in [1.54, 1.807) is 12.3 Å². The van der Waals surface area contributed by atoms with E-state index in [1.807, 2.05) is 13.8 Å². The summed E-state index contributed by atoms with van der Waals surface area (Å²) >= 11 is 0. The first kappa shape index (κ1) is 13.6. The Kier molecular flexibility index (Phi) is 5.03. The lowest BCUT2D eigenvalue weighted by Gasteiger charge is -2.28. The van der Waals surface area contributed by atoms with Crippen molar-refractivity contribution < 1.29 is 4.79 Å². The molecule has 0 spiro atoms. The van der Waals surface area contributed by atoms with Crippen molar-refractivity contribution in [2.75, 3.05) is 6.54 Å². The van der Waals surface area contributed by atoms with Gasteiger partial charge in [0.1, 0.15) is 6.33 Å². The molecule has 1 rings (SSSR count). The minimum absolute atomic E-state index is 0.00334. The Morgan fingerprint density at radius 3 is 2.65 bits per heavy atom. The molecule has 0 aliphatic rings. The fourth-order valence-corrected chi connectivity index (χ4v) is 1.73. The van der Waals surface area contributed by atoms with Crippen molar-refractivity contribution in [3.05, 3.63) is 24.3 Å². The lowest BCUT2D eigenvalue weighted by atomic mass is 9.81. The molecule has 17 heavy (non-hydrogen) atoms. The molecule has 0 unspecified atom stereocenters. The van der Waals surface area contributed by atoms with Crippen LogP contribution in [0.2, 0.25) is 0 Å². The molecule has 0 aromatic carbocycles. The molecule has 1 amide bonds. The molecule has 0 saturated carbocycles. The molecule has 94 valence electrons. The Bertz CT molecular complexity index is 341. The van der Waals surface area contributed by atoms with Crippen molar-refractivity contribution in [1.29, 1.82) is 0 Å². The number of carbonyl (C=O) groups is 1. The van der Waals surface area contributed by atoms with E-state index in [9.17, 15) is 4.79 Å². The third kappa shape index (κ3) is 3.23. The van der Waals surface area contributed by atoms with Crippen LogP contribution < -0.4 is 11.1 Å². The molecule has 0 bridgehead atoms. The average Bonchev–Trinajstić information content (AvgIpc) is 2.40. The molecule has 3 N–H and O–H groups in total. The summed E-state index contributed by atoms with van der Waals surface area (Å²) in [5, 5.41) is 2.88. The van der Waals surface area contributed by atoms with Crippen molar-refractivity contribution in [2.24, 2.45) is 11.1 Å². The molecular weight excluding hydrogens is 216 g/mol. The van der Waals surface area contributed by atoms with Crippen LogP contribution in [0, 0.1) is 5.41 Å². The zero-order valence-corrected chi connectivity index (χ0v) is 10.4. The highest BCUT2D eigenvalue weighted by Gasteiger charge is 2.32. The van der Waals surface area contributed by atoms with Crippen molar-refractivity contribution in [2.45, 2.75) is 33.2 Å². The van der Waals surface area contributed by atoms with Gasteiger partial charge >= 0.3 is 0 Å². The van der Waals surface area contributed by atoms with Gasteiger partial charge in [0.05, 0.1) is 17.7 Å². The number of aromatic nitrogens is 2. The molecule has 5 nitrogen and oxygen atoms in total. The smallest absolute Gasteiger partial charge is 0.227 e. The maximum absolute atomic E-state index is 12.1. The largest absolute Gasteiger partial charge is 0.350 e. The first-order chi connectivity index (χ1) is 8.18. The number of nitrogens with zero attached hydrogens (tertiary/aromatic N) is 2. The molecule has 0 saturated heterocycles. The molecule has 0 radical (unpaired) electrons.